The molecule has 0 aliphatic heterocycles. The van der Waals surface area contributed by atoms with Crippen LogP contribution in [-0.4, -0.2) is 32.3 Å². The Morgan fingerprint density at radius 2 is 2.10 bits per heavy atom. The van der Waals surface area contributed by atoms with E-state index in [-0.39, 0.29) is 17.3 Å². The zero-order chi connectivity index (χ0) is 15.3. The first-order valence-electron chi connectivity index (χ1n) is 6.09. The van der Waals surface area contributed by atoms with Crippen LogP contribution in [-0.2, 0) is 9.05 Å². The van der Waals surface area contributed by atoms with Gasteiger partial charge in [-0.25, -0.2) is 8.42 Å². The minimum Gasteiger partial charge on any atom is -0.328 e. The lowest BCUT2D eigenvalue weighted by molar-refractivity contribution is 0.0776. The van der Waals surface area contributed by atoms with Gasteiger partial charge in [-0.15, -0.1) is 6.42 Å². The number of hydrogen-bond acceptors (Lipinski definition) is 3. The smallest absolute Gasteiger partial charge is 0.261 e. The number of carbonyl (C=O) groups excluding carboxylic acids is 1. The van der Waals surface area contributed by atoms with E-state index in [4.69, 9.17) is 17.1 Å². The Balaban J connectivity index is 3.24. The highest BCUT2D eigenvalue weighted by Gasteiger charge is 2.19. The number of hydrogen-bond donors (Lipinski definition) is 0. The molecule has 1 aromatic carbocycles. The van der Waals surface area contributed by atoms with Gasteiger partial charge in [0.25, 0.3) is 15.0 Å². The van der Waals surface area contributed by atoms with Gasteiger partial charge in [-0.1, -0.05) is 18.9 Å². The van der Waals surface area contributed by atoms with Crippen LogP contribution in [0.25, 0.3) is 0 Å². The fraction of sp³-hybridized carbons (Fsp3) is 0.357. The van der Waals surface area contributed by atoms with Gasteiger partial charge < -0.3 is 4.90 Å². The third kappa shape index (κ3) is 3.99. The van der Waals surface area contributed by atoms with E-state index in [2.05, 4.69) is 5.92 Å². The molecule has 20 heavy (non-hydrogen) atoms. The Hall–Kier alpha value is -1.51. The van der Waals surface area contributed by atoms with Gasteiger partial charge in [0.2, 0.25) is 0 Å². The molecule has 1 rings (SSSR count). The van der Waals surface area contributed by atoms with Crippen LogP contribution < -0.4 is 0 Å². The molecule has 0 radical (unpaired) electrons. The minimum absolute atomic E-state index is 0.0923. The second-order valence-corrected chi connectivity index (χ2v) is 6.91. The maximum Gasteiger partial charge on any atom is 0.261 e. The molecule has 0 fully saturated rings. The van der Waals surface area contributed by atoms with Crippen LogP contribution in [0.1, 0.15) is 29.3 Å². The molecule has 1 aromatic rings. The first kappa shape index (κ1) is 16.5. The number of nitrogens with zero attached hydrogens (tertiary/aromatic N) is 1. The van der Waals surface area contributed by atoms with Gasteiger partial charge in [0, 0.05) is 22.8 Å². The number of benzene rings is 1. The van der Waals surface area contributed by atoms with Gasteiger partial charge in [-0.3, -0.25) is 4.79 Å². The molecule has 0 unspecified atom stereocenters. The van der Waals surface area contributed by atoms with E-state index in [9.17, 15) is 13.2 Å². The maximum atomic E-state index is 12.4. The number of amides is 1. The van der Waals surface area contributed by atoms with E-state index in [1.165, 1.54) is 17.0 Å². The fourth-order valence-corrected chi connectivity index (χ4v) is 2.56. The predicted molar refractivity (Wildman–Crippen MR) is 79.2 cm³/mol. The Labute approximate surface area is 124 Å². The Bertz CT molecular complexity index is 647. The number of aryl methyl sites for hydroxylation is 1. The Kier molecular flexibility index (Phi) is 5.61. The van der Waals surface area contributed by atoms with Crippen molar-refractivity contribution >= 4 is 25.6 Å². The summed E-state index contributed by atoms with van der Waals surface area (Å²) in [6.07, 6.45) is 6.02. The molecule has 0 spiro atoms. The van der Waals surface area contributed by atoms with E-state index < -0.39 is 9.05 Å². The van der Waals surface area contributed by atoms with Crippen molar-refractivity contribution in [3.8, 4) is 12.3 Å². The van der Waals surface area contributed by atoms with Crippen molar-refractivity contribution in [2.45, 2.75) is 25.2 Å². The summed E-state index contributed by atoms with van der Waals surface area (Å²) in [4.78, 5) is 13.8. The van der Waals surface area contributed by atoms with Crippen molar-refractivity contribution in [1.29, 1.82) is 0 Å². The summed E-state index contributed by atoms with van der Waals surface area (Å²) in [5.74, 6) is 2.14. The third-order valence-corrected chi connectivity index (χ3v) is 4.14. The number of rotatable bonds is 5. The van der Waals surface area contributed by atoms with Gasteiger partial charge in [0.05, 0.1) is 11.4 Å². The van der Waals surface area contributed by atoms with E-state index in [1.54, 1.807) is 13.0 Å². The van der Waals surface area contributed by atoms with Gasteiger partial charge in [-0.2, -0.15) is 0 Å². The van der Waals surface area contributed by atoms with Gasteiger partial charge in [0.15, 0.2) is 0 Å². The first-order valence-corrected chi connectivity index (χ1v) is 8.40. The van der Waals surface area contributed by atoms with Crippen LogP contribution in [0.3, 0.4) is 0 Å². The molecule has 0 atom stereocenters. The number of terminal acetylenes is 1. The summed E-state index contributed by atoms with van der Waals surface area (Å²) in [7, 11) is 1.44. The SMILES string of the molecule is C#CCN(CCC)C(=O)c1cc(S(=O)(=O)Cl)ccc1C. The Morgan fingerprint density at radius 1 is 1.45 bits per heavy atom. The number of carbonyl (C=O) groups is 1. The molecule has 108 valence electrons. The first-order chi connectivity index (χ1) is 9.31. The van der Waals surface area contributed by atoms with Crippen LogP contribution in [0.4, 0.5) is 0 Å². The van der Waals surface area contributed by atoms with E-state index >= 15 is 0 Å². The summed E-state index contributed by atoms with van der Waals surface area (Å²) >= 11 is 0. The van der Waals surface area contributed by atoms with Crippen molar-refractivity contribution in [2.24, 2.45) is 0 Å². The molecule has 0 saturated heterocycles. The molecule has 0 aliphatic carbocycles. The van der Waals surface area contributed by atoms with Crippen LogP contribution in [0.15, 0.2) is 23.1 Å². The molecule has 6 heteroatoms. The average molecular weight is 314 g/mol. The highest BCUT2D eigenvalue weighted by molar-refractivity contribution is 8.13. The zero-order valence-corrected chi connectivity index (χ0v) is 13.0. The van der Waals surface area contributed by atoms with Crippen molar-refractivity contribution < 1.29 is 13.2 Å². The summed E-state index contributed by atoms with van der Waals surface area (Å²) in [5.41, 5.74) is 0.979. The zero-order valence-electron chi connectivity index (χ0n) is 11.4. The molecule has 0 heterocycles. The highest BCUT2D eigenvalue weighted by atomic mass is 35.7. The largest absolute Gasteiger partial charge is 0.328 e. The molecule has 0 bridgehead atoms. The number of halogens is 1. The van der Waals surface area contributed by atoms with E-state index in [0.717, 1.165) is 6.42 Å². The van der Waals surface area contributed by atoms with Crippen LogP contribution in [0, 0.1) is 19.3 Å². The van der Waals surface area contributed by atoms with Gasteiger partial charge in [0.1, 0.15) is 0 Å². The lowest BCUT2D eigenvalue weighted by atomic mass is 10.1. The molecule has 0 N–H and O–H groups in total. The van der Waals surface area contributed by atoms with E-state index in [0.29, 0.717) is 17.7 Å². The molecular weight excluding hydrogens is 298 g/mol. The summed E-state index contributed by atoms with van der Waals surface area (Å²) in [5, 5.41) is 0. The van der Waals surface area contributed by atoms with Crippen LogP contribution in [0.2, 0.25) is 0 Å². The molecule has 4 nitrogen and oxygen atoms in total. The van der Waals surface area contributed by atoms with E-state index in [1.807, 2.05) is 6.92 Å². The predicted octanol–water partition coefficient (Wildman–Crippen LogP) is 2.41. The second-order valence-electron chi connectivity index (χ2n) is 4.35. The lowest BCUT2D eigenvalue weighted by Crippen LogP contribution is -2.32. The van der Waals surface area contributed by atoms with Gasteiger partial charge in [-0.05, 0) is 31.0 Å². The topological polar surface area (TPSA) is 54.5 Å². The normalized spacial score (nSPS) is 10.9. The molecule has 1 amide bonds. The second kappa shape index (κ2) is 6.78. The van der Waals surface area contributed by atoms with Crippen LogP contribution >= 0.6 is 10.7 Å². The quantitative estimate of drug-likeness (QED) is 0.619. The molecular formula is C14H16ClNO3S. The van der Waals surface area contributed by atoms with Crippen LogP contribution in [0.5, 0.6) is 0 Å². The Morgan fingerprint density at radius 3 is 2.60 bits per heavy atom. The lowest BCUT2D eigenvalue weighted by Gasteiger charge is -2.20. The minimum atomic E-state index is -3.86. The van der Waals surface area contributed by atoms with Crippen molar-refractivity contribution in [2.75, 3.05) is 13.1 Å². The van der Waals surface area contributed by atoms with Crippen molar-refractivity contribution in [3.63, 3.8) is 0 Å². The van der Waals surface area contributed by atoms with Crippen molar-refractivity contribution in [1.82, 2.24) is 4.90 Å². The molecule has 0 aromatic heterocycles. The molecule has 0 saturated carbocycles. The summed E-state index contributed by atoms with van der Waals surface area (Å²) < 4.78 is 22.7. The fourth-order valence-electron chi connectivity index (χ4n) is 1.79. The highest BCUT2D eigenvalue weighted by Crippen LogP contribution is 2.20. The van der Waals surface area contributed by atoms with Gasteiger partial charge >= 0.3 is 0 Å². The third-order valence-electron chi connectivity index (χ3n) is 2.78. The average Bonchev–Trinajstić information content (AvgIpc) is 2.37. The summed E-state index contributed by atoms with van der Waals surface area (Å²) in [6, 6.07) is 4.22. The maximum absolute atomic E-state index is 12.4. The summed E-state index contributed by atoms with van der Waals surface area (Å²) in [6.45, 7) is 4.37. The standard InChI is InChI=1S/C14H16ClNO3S/c1-4-8-16(9-5-2)14(17)13-10-12(20(15,18)19)7-6-11(13)3/h1,6-7,10H,5,8-9H2,2-3H3. The van der Waals surface area contributed by atoms with Crippen molar-refractivity contribution in [3.05, 3.63) is 29.3 Å². The molecule has 0 aliphatic rings. The monoisotopic (exact) mass is 313 g/mol.